The van der Waals surface area contributed by atoms with E-state index in [-0.39, 0.29) is 10.5 Å². The molecule has 0 saturated carbocycles. The first-order valence-corrected chi connectivity index (χ1v) is 5.99. The van der Waals surface area contributed by atoms with Crippen molar-refractivity contribution >= 4 is 38.3 Å². The van der Waals surface area contributed by atoms with Crippen LogP contribution < -0.4 is 0 Å². The lowest BCUT2D eigenvalue weighted by molar-refractivity contribution is -0.109. The Morgan fingerprint density at radius 1 is 1.73 bits per heavy atom. The van der Waals surface area contributed by atoms with Crippen molar-refractivity contribution in [3.63, 3.8) is 0 Å². The molecule has 0 heterocycles. The molecule has 0 aliphatic heterocycles. The van der Waals surface area contributed by atoms with E-state index in [0.717, 1.165) is 5.75 Å². The zero-order valence-electron chi connectivity index (χ0n) is 6.54. The van der Waals surface area contributed by atoms with Crippen molar-refractivity contribution in [2.75, 3.05) is 5.75 Å². The number of hydrogen-bond acceptors (Lipinski definition) is 3. The molecule has 0 spiro atoms. The van der Waals surface area contributed by atoms with Crippen LogP contribution in [0.4, 0.5) is 0 Å². The van der Waals surface area contributed by atoms with E-state index >= 15 is 0 Å². The Bertz CT molecular complexity index is 147. The van der Waals surface area contributed by atoms with Gasteiger partial charge < -0.3 is 0 Å². The van der Waals surface area contributed by atoms with Crippen molar-refractivity contribution in [2.24, 2.45) is 0 Å². The van der Waals surface area contributed by atoms with E-state index in [2.05, 4.69) is 0 Å². The molecule has 0 bridgehead atoms. The molecule has 11 heavy (non-hydrogen) atoms. The molecule has 0 aromatic rings. The first kappa shape index (κ1) is 11.4. The van der Waals surface area contributed by atoms with Gasteiger partial charge in [-0.25, -0.2) is 0 Å². The molecule has 4 heteroatoms. The largest absolute Gasteiger partial charge is 0.287 e. The van der Waals surface area contributed by atoms with Gasteiger partial charge in [0.1, 0.15) is 0 Å². The molecular formula is C7H11ClOS2. The molecular weight excluding hydrogens is 200 g/mol. The van der Waals surface area contributed by atoms with E-state index in [9.17, 15) is 4.79 Å². The zero-order valence-corrected chi connectivity index (χ0v) is 8.93. The topological polar surface area (TPSA) is 17.1 Å². The summed E-state index contributed by atoms with van der Waals surface area (Å²) in [7, 11) is 2.74. The van der Waals surface area contributed by atoms with Gasteiger partial charge in [-0.2, -0.15) is 0 Å². The summed E-state index contributed by atoms with van der Waals surface area (Å²) in [6, 6.07) is 0. The summed E-state index contributed by atoms with van der Waals surface area (Å²) < 4.78 is 0. The van der Waals surface area contributed by atoms with Gasteiger partial charge in [0.25, 0.3) is 0 Å². The minimum atomic E-state index is 0.0387. The Labute approximate surface area is 80.4 Å². The highest BCUT2D eigenvalue weighted by atomic mass is 35.5. The average Bonchev–Trinajstić information content (AvgIpc) is 1.87. The van der Waals surface area contributed by atoms with Crippen LogP contribution in [-0.4, -0.2) is 16.2 Å². The lowest BCUT2D eigenvalue weighted by atomic mass is 10.4. The van der Waals surface area contributed by atoms with E-state index in [1.807, 2.05) is 19.1 Å². The van der Waals surface area contributed by atoms with Crippen molar-refractivity contribution in [3.8, 4) is 0 Å². The highest BCUT2D eigenvalue weighted by Gasteiger charge is 2.00. The second kappa shape index (κ2) is 7.07. The predicted octanol–water partition coefficient (Wildman–Crippen LogP) is 3.10. The SMILES string of the molecule is CC=CC(Cl)CSSC(C)=O. The molecule has 0 aromatic carbocycles. The molecule has 0 amide bonds. The van der Waals surface area contributed by atoms with Gasteiger partial charge >= 0.3 is 0 Å². The molecule has 0 aliphatic carbocycles. The molecule has 1 nitrogen and oxygen atoms in total. The lowest BCUT2D eigenvalue weighted by Crippen LogP contribution is -1.95. The Morgan fingerprint density at radius 2 is 2.36 bits per heavy atom. The maximum absolute atomic E-state index is 10.5. The molecule has 64 valence electrons. The fraction of sp³-hybridized carbons (Fsp3) is 0.571. The van der Waals surface area contributed by atoms with Crippen LogP contribution in [-0.2, 0) is 4.79 Å². The maximum Gasteiger partial charge on any atom is 0.196 e. The van der Waals surface area contributed by atoms with Gasteiger partial charge in [-0.15, -0.1) is 11.6 Å². The first-order valence-electron chi connectivity index (χ1n) is 3.23. The van der Waals surface area contributed by atoms with Crippen LogP contribution in [0.2, 0.25) is 0 Å². The highest BCUT2D eigenvalue weighted by Crippen LogP contribution is 2.24. The minimum Gasteiger partial charge on any atom is -0.287 e. The summed E-state index contributed by atoms with van der Waals surface area (Å²) in [6.07, 6.45) is 3.83. The minimum absolute atomic E-state index is 0.0387. The third-order valence-electron chi connectivity index (χ3n) is 0.805. The number of rotatable bonds is 4. The molecule has 1 atom stereocenters. The van der Waals surface area contributed by atoms with Crippen LogP contribution >= 0.6 is 33.2 Å². The van der Waals surface area contributed by atoms with Gasteiger partial charge in [0.15, 0.2) is 5.12 Å². The van der Waals surface area contributed by atoms with Gasteiger partial charge in [-0.05, 0) is 17.7 Å². The van der Waals surface area contributed by atoms with Crippen LogP contribution in [0.15, 0.2) is 12.2 Å². The quantitative estimate of drug-likeness (QED) is 0.403. The van der Waals surface area contributed by atoms with Gasteiger partial charge in [-0.3, -0.25) is 4.79 Å². The third kappa shape index (κ3) is 8.30. The van der Waals surface area contributed by atoms with E-state index in [4.69, 9.17) is 11.6 Å². The standard InChI is InChI=1S/C7H11ClOS2/c1-3-4-7(8)5-10-11-6(2)9/h3-4,7H,5H2,1-2H3. The van der Waals surface area contributed by atoms with Crippen LogP contribution in [0.1, 0.15) is 13.8 Å². The van der Waals surface area contributed by atoms with E-state index in [0.29, 0.717) is 0 Å². The third-order valence-corrected chi connectivity index (χ3v) is 3.60. The van der Waals surface area contributed by atoms with Gasteiger partial charge in [-0.1, -0.05) is 22.9 Å². The molecule has 0 fully saturated rings. The Hall–Kier alpha value is 0.400. The van der Waals surface area contributed by atoms with Crippen LogP contribution in [0.3, 0.4) is 0 Å². The summed E-state index contributed by atoms with van der Waals surface area (Å²) in [6.45, 7) is 3.48. The van der Waals surface area contributed by atoms with Crippen molar-refractivity contribution in [1.82, 2.24) is 0 Å². The molecule has 1 unspecified atom stereocenters. The second-order valence-corrected chi connectivity index (χ2v) is 4.98. The predicted molar refractivity (Wildman–Crippen MR) is 55.2 cm³/mol. The lowest BCUT2D eigenvalue weighted by Gasteiger charge is -1.99. The van der Waals surface area contributed by atoms with Crippen LogP contribution in [0, 0.1) is 0 Å². The highest BCUT2D eigenvalue weighted by molar-refractivity contribution is 8.82. The maximum atomic E-state index is 10.5. The Kier molecular flexibility index (Phi) is 7.33. The van der Waals surface area contributed by atoms with Gasteiger partial charge in [0.05, 0.1) is 5.38 Å². The molecule has 0 aliphatic rings. The van der Waals surface area contributed by atoms with Crippen molar-refractivity contribution in [2.45, 2.75) is 19.2 Å². The summed E-state index contributed by atoms with van der Waals surface area (Å²) in [4.78, 5) is 10.5. The van der Waals surface area contributed by atoms with Crippen LogP contribution in [0.5, 0.6) is 0 Å². The summed E-state index contributed by atoms with van der Waals surface area (Å²) in [5.74, 6) is 0.774. The number of allylic oxidation sites excluding steroid dienone is 2. The smallest absolute Gasteiger partial charge is 0.196 e. The van der Waals surface area contributed by atoms with Gasteiger partial charge in [0.2, 0.25) is 0 Å². The van der Waals surface area contributed by atoms with Gasteiger partial charge in [0, 0.05) is 12.7 Å². The van der Waals surface area contributed by atoms with Crippen molar-refractivity contribution < 1.29 is 4.79 Å². The number of carbonyl (C=O) groups excluding carboxylic acids is 1. The van der Waals surface area contributed by atoms with Crippen molar-refractivity contribution in [3.05, 3.63) is 12.2 Å². The number of hydrogen-bond donors (Lipinski definition) is 0. The second-order valence-electron chi connectivity index (χ2n) is 1.90. The van der Waals surface area contributed by atoms with E-state index in [1.165, 1.54) is 21.6 Å². The molecule has 0 rings (SSSR count). The fourth-order valence-corrected chi connectivity index (χ4v) is 2.62. The summed E-state index contributed by atoms with van der Waals surface area (Å²) >= 11 is 5.83. The monoisotopic (exact) mass is 210 g/mol. The zero-order chi connectivity index (χ0) is 8.69. The Morgan fingerprint density at radius 3 is 2.82 bits per heavy atom. The summed E-state index contributed by atoms with van der Waals surface area (Å²) in [5.41, 5.74) is 0. The molecule has 0 N–H and O–H groups in total. The number of alkyl halides is 1. The first-order chi connectivity index (χ1) is 5.16. The number of carbonyl (C=O) groups is 1. The molecule has 0 radical (unpaired) electrons. The van der Waals surface area contributed by atoms with E-state index in [1.54, 1.807) is 6.92 Å². The molecule has 0 saturated heterocycles. The number of halogens is 1. The summed E-state index contributed by atoms with van der Waals surface area (Å²) in [5, 5.41) is 0.163. The normalized spacial score (nSPS) is 13.7. The Balaban J connectivity index is 3.31. The van der Waals surface area contributed by atoms with E-state index < -0.39 is 0 Å². The van der Waals surface area contributed by atoms with Crippen molar-refractivity contribution in [1.29, 1.82) is 0 Å². The fourth-order valence-electron chi connectivity index (χ4n) is 0.446. The van der Waals surface area contributed by atoms with Crippen LogP contribution in [0.25, 0.3) is 0 Å². The average molecular weight is 211 g/mol. The molecule has 0 aromatic heterocycles.